The molecule has 5 heteroatoms. The van der Waals surface area contributed by atoms with Gasteiger partial charge in [-0.15, -0.1) is 0 Å². The molecule has 0 fully saturated rings. The Balaban J connectivity index is 2.23. The van der Waals surface area contributed by atoms with Gasteiger partial charge in [0.05, 0.1) is 12.4 Å². The van der Waals surface area contributed by atoms with Gasteiger partial charge in [-0.1, -0.05) is 26.0 Å². The van der Waals surface area contributed by atoms with Gasteiger partial charge in [-0.05, 0) is 30.0 Å². The van der Waals surface area contributed by atoms with E-state index in [4.69, 9.17) is 9.84 Å². The van der Waals surface area contributed by atoms with Gasteiger partial charge >= 0.3 is 5.97 Å². The topological polar surface area (TPSA) is 63.6 Å². The van der Waals surface area contributed by atoms with Crippen LogP contribution >= 0.6 is 0 Å². The highest BCUT2D eigenvalue weighted by Crippen LogP contribution is 2.18. The van der Waals surface area contributed by atoms with Crippen molar-refractivity contribution in [1.29, 1.82) is 0 Å². The average Bonchev–Trinajstić information content (AvgIpc) is 2.39. The van der Waals surface area contributed by atoms with E-state index in [1.54, 1.807) is 0 Å². The van der Waals surface area contributed by atoms with Crippen molar-refractivity contribution in [3.8, 4) is 5.75 Å². The van der Waals surface area contributed by atoms with E-state index in [-0.39, 0.29) is 6.42 Å². The summed E-state index contributed by atoms with van der Waals surface area (Å²) < 4.78 is 17.1. The van der Waals surface area contributed by atoms with Gasteiger partial charge in [0.1, 0.15) is 5.75 Å². The predicted molar refractivity (Wildman–Crippen MR) is 80.8 cm³/mol. The number of aliphatic carboxylic acids is 1. The molecular weight excluding hydrogens is 276 g/mol. The molecule has 1 aromatic rings. The molecule has 0 aliphatic carbocycles. The first kappa shape index (κ1) is 16.7. The van der Waals surface area contributed by atoms with E-state index in [1.807, 2.05) is 24.3 Å². The fraction of sp³-hybridized carbons (Fsp3) is 0.533. The van der Waals surface area contributed by atoms with Crippen molar-refractivity contribution in [1.82, 2.24) is 0 Å². The zero-order valence-corrected chi connectivity index (χ0v) is 12.8. The van der Waals surface area contributed by atoms with E-state index in [0.717, 1.165) is 5.75 Å². The highest BCUT2D eigenvalue weighted by molar-refractivity contribution is 7.84. The third-order valence-electron chi connectivity index (χ3n) is 2.89. The number of rotatable bonds is 9. The van der Waals surface area contributed by atoms with Crippen LogP contribution in [-0.2, 0) is 15.6 Å². The number of ether oxygens (including phenoxy) is 1. The molecule has 0 heterocycles. The number of benzene rings is 1. The van der Waals surface area contributed by atoms with Crippen LogP contribution < -0.4 is 4.74 Å². The molecule has 0 aromatic heterocycles. The van der Waals surface area contributed by atoms with E-state index in [0.29, 0.717) is 30.5 Å². The summed E-state index contributed by atoms with van der Waals surface area (Å²) in [6.45, 7) is 4.66. The van der Waals surface area contributed by atoms with Crippen molar-refractivity contribution in [2.24, 2.45) is 0 Å². The van der Waals surface area contributed by atoms with Crippen LogP contribution in [0.2, 0.25) is 0 Å². The summed E-state index contributed by atoms with van der Waals surface area (Å²) >= 11 is 0. The van der Waals surface area contributed by atoms with E-state index in [1.165, 1.54) is 5.56 Å². The second-order valence-corrected chi connectivity index (χ2v) is 6.61. The Bertz CT molecular complexity index is 440. The fourth-order valence-corrected chi connectivity index (χ4v) is 2.63. The largest absolute Gasteiger partial charge is 0.493 e. The van der Waals surface area contributed by atoms with E-state index < -0.39 is 16.8 Å². The van der Waals surface area contributed by atoms with Crippen LogP contribution in [-0.4, -0.2) is 33.4 Å². The molecule has 20 heavy (non-hydrogen) atoms. The van der Waals surface area contributed by atoms with E-state index in [9.17, 15) is 9.00 Å². The first-order chi connectivity index (χ1) is 9.49. The summed E-state index contributed by atoms with van der Waals surface area (Å²) in [7, 11) is -1.01. The lowest BCUT2D eigenvalue weighted by Gasteiger charge is -2.08. The quantitative estimate of drug-likeness (QED) is 0.761. The first-order valence-electron chi connectivity index (χ1n) is 6.78. The second-order valence-electron chi connectivity index (χ2n) is 4.92. The van der Waals surface area contributed by atoms with Crippen LogP contribution in [0.4, 0.5) is 0 Å². The maximum absolute atomic E-state index is 11.6. The van der Waals surface area contributed by atoms with Crippen molar-refractivity contribution in [2.75, 3.05) is 18.1 Å². The third-order valence-corrected chi connectivity index (χ3v) is 4.26. The van der Waals surface area contributed by atoms with Gasteiger partial charge in [-0.2, -0.15) is 0 Å². The highest BCUT2D eigenvalue weighted by Gasteiger charge is 2.04. The predicted octanol–water partition coefficient (Wildman–Crippen LogP) is 2.80. The Morgan fingerprint density at radius 2 is 1.90 bits per heavy atom. The van der Waals surface area contributed by atoms with Gasteiger partial charge in [0.2, 0.25) is 0 Å². The van der Waals surface area contributed by atoms with Crippen molar-refractivity contribution < 1.29 is 18.8 Å². The van der Waals surface area contributed by atoms with Crippen LogP contribution in [0.3, 0.4) is 0 Å². The Morgan fingerprint density at radius 1 is 1.25 bits per heavy atom. The van der Waals surface area contributed by atoms with Crippen LogP contribution in [0, 0.1) is 0 Å². The molecule has 0 amide bonds. The molecule has 0 saturated heterocycles. The van der Waals surface area contributed by atoms with E-state index in [2.05, 4.69) is 13.8 Å². The monoisotopic (exact) mass is 298 g/mol. The molecular formula is C15H22O4S. The fourth-order valence-electron chi connectivity index (χ4n) is 1.69. The van der Waals surface area contributed by atoms with Crippen LogP contribution in [0.15, 0.2) is 24.3 Å². The molecule has 0 saturated carbocycles. The van der Waals surface area contributed by atoms with Gasteiger partial charge in [-0.25, -0.2) is 0 Å². The van der Waals surface area contributed by atoms with Crippen molar-refractivity contribution >= 4 is 16.8 Å². The number of hydrogen-bond acceptors (Lipinski definition) is 3. The molecule has 1 rings (SSSR count). The highest BCUT2D eigenvalue weighted by atomic mass is 32.2. The smallest absolute Gasteiger partial charge is 0.303 e. The molecule has 0 radical (unpaired) electrons. The number of carbonyl (C=O) groups is 1. The Hall–Kier alpha value is -1.36. The van der Waals surface area contributed by atoms with Gasteiger partial charge in [-0.3, -0.25) is 9.00 Å². The number of hydrogen-bond donors (Lipinski definition) is 1. The first-order valence-corrected chi connectivity index (χ1v) is 8.27. The molecule has 0 spiro atoms. The summed E-state index contributed by atoms with van der Waals surface area (Å²) in [4.78, 5) is 10.3. The summed E-state index contributed by atoms with van der Waals surface area (Å²) in [6, 6.07) is 7.90. The molecule has 1 aromatic carbocycles. The lowest BCUT2D eigenvalue weighted by molar-refractivity contribution is -0.137. The maximum Gasteiger partial charge on any atom is 0.303 e. The standard InChI is InChI=1S/C15H22O4S/c1-12(2)13-5-7-14(8-6-13)19-9-11-20(18)10-3-4-15(16)17/h5-8,12H,3-4,9-11H2,1-2H3,(H,16,17). The lowest BCUT2D eigenvalue weighted by Crippen LogP contribution is -2.12. The van der Waals surface area contributed by atoms with Crippen LogP contribution in [0.5, 0.6) is 5.75 Å². The van der Waals surface area contributed by atoms with Crippen LogP contribution in [0.1, 0.15) is 38.2 Å². The van der Waals surface area contributed by atoms with Crippen molar-refractivity contribution in [3.63, 3.8) is 0 Å². The van der Waals surface area contributed by atoms with Gasteiger partial charge < -0.3 is 9.84 Å². The Morgan fingerprint density at radius 3 is 2.45 bits per heavy atom. The van der Waals surface area contributed by atoms with Gasteiger partial charge in [0, 0.05) is 23.0 Å². The zero-order valence-electron chi connectivity index (χ0n) is 12.0. The minimum atomic E-state index is -1.01. The summed E-state index contributed by atoms with van der Waals surface area (Å²) in [5.41, 5.74) is 1.26. The number of carboxylic acid groups (broad SMARTS) is 1. The maximum atomic E-state index is 11.6. The normalized spacial score (nSPS) is 12.3. The molecule has 1 atom stereocenters. The van der Waals surface area contributed by atoms with Gasteiger partial charge in [0.25, 0.3) is 0 Å². The molecule has 0 aliphatic heterocycles. The molecule has 0 aliphatic rings. The summed E-state index contributed by atoms with van der Waals surface area (Å²) in [5.74, 6) is 1.28. The lowest BCUT2D eigenvalue weighted by atomic mass is 10.0. The van der Waals surface area contributed by atoms with Crippen molar-refractivity contribution in [2.45, 2.75) is 32.6 Å². The molecule has 1 unspecified atom stereocenters. The molecule has 1 N–H and O–H groups in total. The summed E-state index contributed by atoms with van der Waals surface area (Å²) in [6.07, 6.45) is 0.522. The van der Waals surface area contributed by atoms with E-state index >= 15 is 0 Å². The average molecular weight is 298 g/mol. The summed E-state index contributed by atoms with van der Waals surface area (Å²) in [5, 5.41) is 8.49. The Kier molecular flexibility index (Phi) is 7.30. The SMILES string of the molecule is CC(C)c1ccc(OCCS(=O)CCCC(=O)O)cc1. The number of carboxylic acids is 1. The minimum absolute atomic E-state index is 0.0727. The zero-order chi connectivity index (χ0) is 15.0. The van der Waals surface area contributed by atoms with Crippen molar-refractivity contribution in [3.05, 3.63) is 29.8 Å². The third kappa shape index (κ3) is 6.70. The Labute approximate surface area is 122 Å². The molecule has 0 bridgehead atoms. The molecule has 4 nitrogen and oxygen atoms in total. The minimum Gasteiger partial charge on any atom is -0.493 e. The molecule has 112 valence electrons. The second kappa shape index (κ2) is 8.74. The van der Waals surface area contributed by atoms with Gasteiger partial charge in [0.15, 0.2) is 0 Å². The van der Waals surface area contributed by atoms with Crippen LogP contribution in [0.25, 0.3) is 0 Å².